The van der Waals surface area contributed by atoms with Gasteiger partial charge in [0.1, 0.15) is 5.75 Å². The van der Waals surface area contributed by atoms with Crippen molar-refractivity contribution in [2.75, 3.05) is 0 Å². The Bertz CT molecular complexity index is 531. The average Bonchev–Trinajstić information content (AvgIpc) is 2.40. The van der Waals surface area contributed by atoms with Gasteiger partial charge in [0.15, 0.2) is 0 Å². The van der Waals surface area contributed by atoms with E-state index in [9.17, 15) is 4.79 Å². The van der Waals surface area contributed by atoms with Crippen molar-refractivity contribution in [2.45, 2.75) is 38.7 Å². The van der Waals surface area contributed by atoms with Crippen LogP contribution in [0.15, 0.2) is 27.2 Å². The van der Waals surface area contributed by atoms with Crippen LogP contribution in [0, 0.1) is 5.92 Å². The van der Waals surface area contributed by atoms with Gasteiger partial charge >= 0.3 is 5.97 Å². The number of ether oxygens (including phenoxy) is 1. The van der Waals surface area contributed by atoms with Gasteiger partial charge in [-0.2, -0.15) is 0 Å². The van der Waals surface area contributed by atoms with E-state index in [1.165, 1.54) is 12.8 Å². The molecular weight excluding hydrogens is 400 g/mol. The van der Waals surface area contributed by atoms with Crippen LogP contribution in [0.2, 0.25) is 0 Å². The molecule has 3 nitrogen and oxygen atoms in total. The monoisotopic (exact) mass is 416 g/mol. The lowest BCUT2D eigenvalue weighted by atomic mass is 9.89. The maximum absolute atomic E-state index is 10.6. The molecule has 0 amide bonds. The predicted octanol–water partition coefficient (Wildman–Crippen LogP) is 5.27. The number of carboxylic acids is 1. The topological polar surface area (TPSA) is 46.5 Å². The zero-order chi connectivity index (χ0) is 15.4. The molecule has 0 aliphatic heterocycles. The standard InChI is InChI=1S/C16H18Br2O3/c1-10-3-2-4-12(7-10)21-16-13(17)8-11(9-14(16)18)5-6-15(19)20/h5-6,8-10,12H,2-4,7H2,1H3,(H,19,20)/b6-5+. The highest BCUT2D eigenvalue weighted by atomic mass is 79.9. The van der Waals surface area contributed by atoms with Crippen LogP contribution in [-0.4, -0.2) is 17.2 Å². The maximum Gasteiger partial charge on any atom is 0.328 e. The van der Waals surface area contributed by atoms with Crippen LogP contribution >= 0.6 is 31.9 Å². The molecular formula is C16H18Br2O3. The highest BCUT2D eigenvalue weighted by Crippen LogP contribution is 2.38. The highest BCUT2D eigenvalue weighted by Gasteiger charge is 2.22. The zero-order valence-electron chi connectivity index (χ0n) is 11.8. The Morgan fingerprint density at radius 3 is 2.57 bits per heavy atom. The van der Waals surface area contributed by atoms with Gasteiger partial charge in [0.25, 0.3) is 0 Å². The summed E-state index contributed by atoms with van der Waals surface area (Å²) in [6.45, 7) is 2.26. The van der Waals surface area contributed by atoms with E-state index < -0.39 is 5.97 Å². The first-order chi connectivity index (χ1) is 9.95. The summed E-state index contributed by atoms with van der Waals surface area (Å²) in [5.41, 5.74) is 0.806. The largest absolute Gasteiger partial charge is 0.488 e. The van der Waals surface area contributed by atoms with Crippen LogP contribution < -0.4 is 4.74 Å². The first-order valence-corrected chi connectivity index (χ1v) is 8.61. The lowest BCUT2D eigenvalue weighted by Gasteiger charge is -2.28. The van der Waals surface area contributed by atoms with E-state index in [-0.39, 0.29) is 6.10 Å². The Morgan fingerprint density at radius 1 is 1.33 bits per heavy atom. The van der Waals surface area contributed by atoms with Crippen molar-refractivity contribution in [3.8, 4) is 5.75 Å². The van der Waals surface area contributed by atoms with Crippen LogP contribution in [0.5, 0.6) is 5.75 Å². The number of carboxylic acid groups (broad SMARTS) is 1. The Hall–Kier alpha value is -0.810. The van der Waals surface area contributed by atoms with Gasteiger partial charge < -0.3 is 9.84 Å². The molecule has 2 atom stereocenters. The summed E-state index contributed by atoms with van der Waals surface area (Å²) in [7, 11) is 0. The van der Waals surface area contributed by atoms with Crippen LogP contribution in [0.3, 0.4) is 0 Å². The number of hydrogen-bond acceptors (Lipinski definition) is 2. The quantitative estimate of drug-likeness (QED) is 0.679. The summed E-state index contributed by atoms with van der Waals surface area (Å²) in [5.74, 6) is 0.541. The SMILES string of the molecule is CC1CCCC(Oc2c(Br)cc(/C=C/C(=O)O)cc2Br)C1. The van der Waals surface area contributed by atoms with E-state index in [1.54, 1.807) is 6.08 Å². The Kier molecular flexibility index (Phi) is 5.88. The van der Waals surface area contributed by atoms with Gasteiger partial charge in [-0.3, -0.25) is 0 Å². The summed E-state index contributed by atoms with van der Waals surface area (Å²) in [6, 6.07) is 3.73. The van der Waals surface area contributed by atoms with E-state index in [1.807, 2.05) is 12.1 Å². The molecule has 5 heteroatoms. The molecule has 1 aromatic carbocycles. The fourth-order valence-electron chi connectivity index (χ4n) is 2.61. The fourth-order valence-corrected chi connectivity index (χ4v) is 4.02. The van der Waals surface area contributed by atoms with Crippen LogP contribution in [-0.2, 0) is 4.79 Å². The summed E-state index contributed by atoms with van der Waals surface area (Å²) in [4.78, 5) is 10.6. The summed E-state index contributed by atoms with van der Waals surface area (Å²) in [6.07, 6.45) is 7.59. The van der Waals surface area contributed by atoms with Crippen molar-refractivity contribution in [3.63, 3.8) is 0 Å². The second-order valence-corrected chi connectivity index (χ2v) is 7.21. The predicted molar refractivity (Wildman–Crippen MR) is 90.6 cm³/mol. The molecule has 0 spiro atoms. The van der Waals surface area contributed by atoms with E-state index in [2.05, 4.69) is 38.8 Å². The number of rotatable bonds is 4. The molecule has 21 heavy (non-hydrogen) atoms. The Balaban J connectivity index is 2.15. The molecule has 2 unspecified atom stereocenters. The minimum Gasteiger partial charge on any atom is -0.488 e. The second kappa shape index (κ2) is 7.45. The third-order valence-corrected chi connectivity index (χ3v) is 4.79. The number of carbonyl (C=O) groups is 1. The maximum atomic E-state index is 10.6. The Morgan fingerprint density at radius 2 is 2.00 bits per heavy atom. The summed E-state index contributed by atoms with van der Waals surface area (Å²) >= 11 is 7.02. The minimum absolute atomic E-state index is 0.252. The van der Waals surface area contributed by atoms with Crippen molar-refractivity contribution >= 4 is 43.9 Å². The molecule has 114 valence electrons. The van der Waals surface area contributed by atoms with Crippen LogP contribution in [0.1, 0.15) is 38.2 Å². The van der Waals surface area contributed by atoms with Gasteiger partial charge in [0.05, 0.1) is 15.0 Å². The molecule has 1 N–H and O–H groups in total. The first kappa shape index (κ1) is 16.6. The third kappa shape index (κ3) is 4.85. The lowest BCUT2D eigenvalue weighted by molar-refractivity contribution is -0.131. The average molecular weight is 418 g/mol. The molecule has 0 bridgehead atoms. The Labute approximate surface area is 141 Å². The molecule has 0 saturated heterocycles. The van der Waals surface area contributed by atoms with E-state index in [0.29, 0.717) is 5.92 Å². The minimum atomic E-state index is -0.959. The van der Waals surface area contributed by atoms with Gasteiger partial charge in [0, 0.05) is 6.08 Å². The van der Waals surface area contributed by atoms with Crippen molar-refractivity contribution in [1.29, 1.82) is 0 Å². The van der Waals surface area contributed by atoms with Gasteiger partial charge in [-0.25, -0.2) is 4.79 Å². The molecule has 0 aromatic heterocycles. The molecule has 1 aromatic rings. The normalized spacial score (nSPS) is 22.4. The number of aliphatic carboxylic acids is 1. The van der Waals surface area contributed by atoms with Crippen LogP contribution in [0.25, 0.3) is 6.08 Å². The molecule has 1 aliphatic rings. The fraction of sp³-hybridized carbons (Fsp3) is 0.438. The number of halogens is 2. The van der Waals surface area contributed by atoms with Gasteiger partial charge in [0.2, 0.25) is 0 Å². The molecule has 1 saturated carbocycles. The van der Waals surface area contributed by atoms with E-state index >= 15 is 0 Å². The van der Waals surface area contributed by atoms with Crippen molar-refractivity contribution in [3.05, 3.63) is 32.7 Å². The third-order valence-electron chi connectivity index (χ3n) is 3.61. The smallest absolute Gasteiger partial charge is 0.328 e. The van der Waals surface area contributed by atoms with Gasteiger partial charge in [-0.05, 0) is 80.8 Å². The van der Waals surface area contributed by atoms with Crippen molar-refractivity contribution in [2.24, 2.45) is 5.92 Å². The second-order valence-electron chi connectivity index (χ2n) is 5.50. The van der Waals surface area contributed by atoms with Crippen LogP contribution in [0.4, 0.5) is 0 Å². The van der Waals surface area contributed by atoms with Crippen molar-refractivity contribution < 1.29 is 14.6 Å². The van der Waals surface area contributed by atoms with Crippen molar-refractivity contribution in [1.82, 2.24) is 0 Å². The van der Waals surface area contributed by atoms with E-state index in [0.717, 1.165) is 39.2 Å². The zero-order valence-corrected chi connectivity index (χ0v) is 15.0. The number of benzene rings is 1. The molecule has 1 aliphatic carbocycles. The van der Waals surface area contributed by atoms with Gasteiger partial charge in [-0.1, -0.05) is 13.3 Å². The highest BCUT2D eigenvalue weighted by molar-refractivity contribution is 9.11. The molecule has 1 fully saturated rings. The van der Waals surface area contributed by atoms with Gasteiger partial charge in [-0.15, -0.1) is 0 Å². The first-order valence-electron chi connectivity index (χ1n) is 7.02. The molecule has 0 radical (unpaired) electrons. The summed E-state index contributed by atoms with van der Waals surface area (Å²) < 4.78 is 7.80. The van der Waals surface area contributed by atoms with E-state index in [4.69, 9.17) is 9.84 Å². The number of hydrogen-bond donors (Lipinski definition) is 1. The molecule has 2 rings (SSSR count). The molecule has 0 heterocycles. The summed E-state index contributed by atoms with van der Waals surface area (Å²) in [5, 5.41) is 8.67. The lowest BCUT2D eigenvalue weighted by Crippen LogP contribution is -2.24.